The molecule has 10 rings (SSSR count). The highest BCUT2D eigenvalue weighted by atomic mass is 16.5. The molecule has 14 nitrogen and oxygen atoms in total. The highest BCUT2D eigenvalue weighted by Gasteiger charge is 2.28. The molecule has 2 aliphatic heterocycles. The van der Waals surface area contributed by atoms with Gasteiger partial charge in [-0.05, 0) is 121 Å². The Bertz CT molecular complexity index is 3070. The van der Waals surface area contributed by atoms with E-state index in [4.69, 9.17) is 9.47 Å². The van der Waals surface area contributed by atoms with Gasteiger partial charge in [-0.15, -0.1) is 0 Å². The molecule has 0 spiro atoms. The number of hydrogen-bond donors (Lipinski definition) is 2. The molecule has 2 aliphatic rings. The van der Waals surface area contributed by atoms with Crippen molar-refractivity contribution in [1.29, 1.82) is 0 Å². The molecular weight excluding hydrogens is 973 g/mol. The third-order valence-electron chi connectivity index (χ3n) is 17.2. The summed E-state index contributed by atoms with van der Waals surface area (Å²) in [6.45, 7) is 12.4. The van der Waals surface area contributed by atoms with Crippen LogP contribution in [0.5, 0.6) is 11.5 Å². The topological polar surface area (TPSA) is 151 Å². The van der Waals surface area contributed by atoms with Gasteiger partial charge in [-0.3, -0.25) is 9.59 Å². The van der Waals surface area contributed by atoms with E-state index in [0.717, 1.165) is 111 Å². The zero-order chi connectivity index (χ0) is 54.1. The molecule has 8 aromatic rings. The van der Waals surface area contributed by atoms with Gasteiger partial charge in [0.25, 0.3) is 0 Å². The Morgan fingerprint density at radius 2 is 0.885 bits per heavy atom. The van der Waals surface area contributed by atoms with Crippen LogP contribution in [0.3, 0.4) is 0 Å². The van der Waals surface area contributed by atoms with Crippen molar-refractivity contribution in [3.05, 3.63) is 95.8 Å². The molecular formula is C64H84N10O4. The number of pyridine rings is 2. The minimum absolute atomic E-state index is 0.314. The van der Waals surface area contributed by atoms with Crippen LogP contribution in [-0.2, 0) is 9.59 Å². The van der Waals surface area contributed by atoms with Crippen LogP contribution in [0, 0.1) is 0 Å². The maximum absolute atomic E-state index is 13.2. The minimum atomic E-state index is 0.314. The quantitative estimate of drug-likeness (QED) is 0.0537. The largest absolute Gasteiger partial charge is 0.493 e. The van der Waals surface area contributed by atoms with Crippen LogP contribution in [0.4, 0.5) is 0 Å². The number of nitrogens with zero attached hydrogens (tertiary/aromatic N) is 8. The average molecular weight is 1060 g/mol. The maximum atomic E-state index is 13.2. The zero-order valence-electron chi connectivity index (χ0n) is 47.4. The summed E-state index contributed by atoms with van der Waals surface area (Å²) < 4.78 is 14.9. The Hall–Kier alpha value is -6.70. The first-order chi connectivity index (χ1) is 38.1. The molecule has 8 heterocycles. The van der Waals surface area contributed by atoms with Crippen LogP contribution in [-0.4, -0.2) is 101 Å². The lowest BCUT2D eigenvalue weighted by Gasteiger charge is -2.32. The van der Waals surface area contributed by atoms with Crippen molar-refractivity contribution in [1.82, 2.24) is 49.0 Å². The number of H-pyrrole nitrogens is 2. The number of hydrogen-bond acceptors (Lipinski definition) is 8. The van der Waals surface area contributed by atoms with E-state index in [2.05, 4.69) is 104 Å². The van der Waals surface area contributed by atoms with E-state index in [-0.39, 0.29) is 0 Å². The molecule has 14 heteroatoms. The highest BCUT2D eigenvalue weighted by molar-refractivity contribution is 5.93. The van der Waals surface area contributed by atoms with Gasteiger partial charge in [0, 0.05) is 84.3 Å². The molecule has 0 bridgehead atoms. The van der Waals surface area contributed by atoms with Crippen LogP contribution in [0.15, 0.2) is 73.6 Å². The second-order valence-corrected chi connectivity index (χ2v) is 23.2. The summed E-state index contributed by atoms with van der Waals surface area (Å²) in [6.07, 6.45) is 29.8. The van der Waals surface area contributed by atoms with Gasteiger partial charge in [0.1, 0.15) is 12.7 Å². The number of nitrogens with one attached hydrogen (secondary N) is 2. The first-order valence-corrected chi connectivity index (χ1v) is 29.7. The first-order valence-electron chi connectivity index (χ1n) is 29.7. The second-order valence-electron chi connectivity index (χ2n) is 23.2. The molecule has 6 aromatic heterocycles. The van der Waals surface area contributed by atoms with E-state index < -0.39 is 0 Å². The van der Waals surface area contributed by atoms with E-state index >= 15 is 0 Å². The number of rotatable bonds is 25. The number of unbranched alkanes of at least 4 members (excludes halogenated alkanes) is 13. The summed E-state index contributed by atoms with van der Waals surface area (Å²) in [4.78, 5) is 46.9. The number of carbonyl (C=O) groups is 2. The van der Waals surface area contributed by atoms with Crippen molar-refractivity contribution >= 4 is 44.9 Å². The van der Waals surface area contributed by atoms with Gasteiger partial charge >= 0.3 is 0 Å². The summed E-state index contributed by atoms with van der Waals surface area (Å²) >= 11 is 0. The smallest absolute Gasteiger partial charge is 0.222 e. The second kappa shape index (κ2) is 25.4. The number of ether oxygens (including phenoxy) is 2. The molecule has 414 valence electrons. The number of piperidine rings is 2. The molecule has 0 atom stereocenters. The van der Waals surface area contributed by atoms with Crippen LogP contribution in [0.25, 0.3) is 55.6 Å². The molecule has 2 amide bonds. The lowest BCUT2D eigenvalue weighted by Crippen LogP contribution is -2.37. The zero-order valence-corrected chi connectivity index (χ0v) is 47.4. The number of benzene rings is 2. The minimum Gasteiger partial charge on any atom is -0.493 e. The fourth-order valence-corrected chi connectivity index (χ4v) is 12.9. The lowest BCUT2D eigenvalue weighted by atomic mass is 9.87. The third kappa shape index (κ3) is 12.3. The molecule has 78 heavy (non-hydrogen) atoms. The third-order valence-corrected chi connectivity index (χ3v) is 17.2. The fourth-order valence-electron chi connectivity index (χ4n) is 12.9. The Morgan fingerprint density at radius 3 is 1.23 bits per heavy atom. The van der Waals surface area contributed by atoms with Crippen molar-refractivity contribution < 1.29 is 19.1 Å². The Labute approximate surface area is 461 Å². The molecule has 2 fully saturated rings. The van der Waals surface area contributed by atoms with E-state index in [9.17, 15) is 9.59 Å². The van der Waals surface area contributed by atoms with Crippen molar-refractivity contribution in [2.45, 2.75) is 180 Å². The van der Waals surface area contributed by atoms with Gasteiger partial charge in [-0.2, -0.15) is 10.2 Å². The Morgan fingerprint density at radius 1 is 0.526 bits per heavy atom. The van der Waals surface area contributed by atoms with Crippen molar-refractivity contribution in [2.24, 2.45) is 0 Å². The summed E-state index contributed by atoms with van der Waals surface area (Å²) in [5.74, 6) is 3.60. The number of methoxy groups -OCH3 is 2. The lowest BCUT2D eigenvalue weighted by molar-refractivity contribution is -0.133. The monoisotopic (exact) mass is 1060 g/mol. The van der Waals surface area contributed by atoms with Crippen molar-refractivity contribution in [3.8, 4) is 34.0 Å². The average Bonchev–Trinajstić information content (AvgIpc) is 4.49. The van der Waals surface area contributed by atoms with E-state index in [1.54, 1.807) is 35.9 Å². The van der Waals surface area contributed by atoms with Gasteiger partial charge < -0.3 is 29.2 Å². The highest BCUT2D eigenvalue weighted by Crippen LogP contribution is 2.42. The molecule has 2 aromatic carbocycles. The summed E-state index contributed by atoms with van der Waals surface area (Å²) in [5, 5.41) is 11.3. The molecule has 2 N–H and O–H groups in total. The number of fused-ring (bicyclic) bond motifs is 4. The van der Waals surface area contributed by atoms with Crippen LogP contribution in [0.2, 0.25) is 0 Å². The fraction of sp³-hybridized carbons (Fsp3) is 0.531. The molecule has 0 unspecified atom stereocenters. The Kier molecular flexibility index (Phi) is 17.8. The molecule has 0 aliphatic carbocycles. The summed E-state index contributed by atoms with van der Waals surface area (Å²) in [7, 11) is 3.35. The number of likely N-dealkylation sites (tertiary alicyclic amines) is 2. The van der Waals surface area contributed by atoms with Crippen LogP contribution < -0.4 is 9.47 Å². The molecule has 2 saturated heterocycles. The normalized spacial score (nSPS) is 14.9. The predicted octanol–water partition coefficient (Wildman–Crippen LogP) is 14.7. The van der Waals surface area contributed by atoms with Gasteiger partial charge in [-0.1, -0.05) is 117 Å². The van der Waals surface area contributed by atoms with E-state index in [0.29, 0.717) is 71.1 Å². The van der Waals surface area contributed by atoms with Crippen molar-refractivity contribution in [3.63, 3.8) is 0 Å². The number of amides is 2. The summed E-state index contributed by atoms with van der Waals surface area (Å²) in [5.41, 5.74) is 13.2. The standard InChI is InChI=1S/C64H84N10O4/c1-43(2)59-51-35-47(23-25-53(51)69-61(59)49-37-55(77-5)63-65-41-67-73(63)39-49)45-27-31-71(32-28-45)57(75)21-19-17-15-13-11-9-7-8-10-12-14-16-18-20-22-58(76)72-33-29-46(30-34-72)48-24-26-54-52(36-48)60(44(3)4)62(70-54)50-38-56(78-6)64-66-42-68-74(64)40-50/h23-26,35-46,69-70H,7-22,27-34H2,1-6H3. The van der Waals surface area contributed by atoms with Gasteiger partial charge in [0.15, 0.2) is 22.8 Å². The van der Waals surface area contributed by atoms with Crippen LogP contribution >= 0.6 is 0 Å². The first kappa shape index (κ1) is 54.6. The van der Waals surface area contributed by atoms with Crippen molar-refractivity contribution in [2.75, 3.05) is 40.4 Å². The van der Waals surface area contributed by atoms with Crippen LogP contribution in [0.1, 0.15) is 202 Å². The number of carbonyl (C=O) groups excluding carboxylic acids is 2. The van der Waals surface area contributed by atoms with Gasteiger partial charge in [0.05, 0.1) is 25.6 Å². The molecule has 0 radical (unpaired) electrons. The maximum Gasteiger partial charge on any atom is 0.222 e. The Balaban J connectivity index is 0.549. The SMILES string of the molecule is COc1cc(-c2[nH]c3ccc(C4CCN(C(=O)CCCCCCCCCCCCCCCCC(=O)N5CCC(c6ccc7[nH]c(-c8cc(OC)c9ncnn9c8)c(C(C)C)c7c6)CC5)CC4)cc3c2C(C)C)cn2ncnc12. The number of aromatic amines is 2. The number of aromatic nitrogens is 8. The molecule has 0 saturated carbocycles. The summed E-state index contributed by atoms with van der Waals surface area (Å²) in [6, 6.07) is 17.9. The van der Waals surface area contributed by atoms with Gasteiger partial charge in [0.2, 0.25) is 11.8 Å². The van der Waals surface area contributed by atoms with Gasteiger partial charge in [-0.25, -0.2) is 19.0 Å². The predicted molar refractivity (Wildman–Crippen MR) is 313 cm³/mol. The van der Waals surface area contributed by atoms with E-state index in [1.807, 2.05) is 24.5 Å². The van der Waals surface area contributed by atoms with E-state index in [1.165, 1.54) is 97.2 Å².